The highest BCUT2D eigenvalue weighted by Gasteiger charge is 2.21. The highest BCUT2D eigenvalue weighted by atomic mass is 79.9. The monoisotopic (exact) mass is 480 g/mol. The molecule has 1 atom stereocenters. The maximum absolute atomic E-state index is 12.9. The molecule has 1 aliphatic heterocycles. The summed E-state index contributed by atoms with van der Waals surface area (Å²) in [5, 5.41) is 5.88. The van der Waals surface area contributed by atoms with Crippen molar-refractivity contribution in [1.82, 2.24) is 5.32 Å². The van der Waals surface area contributed by atoms with Gasteiger partial charge in [0, 0.05) is 22.2 Å². The summed E-state index contributed by atoms with van der Waals surface area (Å²) in [5.74, 6) is 0.748. The molecule has 31 heavy (non-hydrogen) atoms. The van der Waals surface area contributed by atoms with E-state index in [4.69, 9.17) is 9.47 Å². The van der Waals surface area contributed by atoms with Crippen LogP contribution in [0.3, 0.4) is 0 Å². The smallest absolute Gasteiger partial charge is 0.251 e. The van der Waals surface area contributed by atoms with E-state index >= 15 is 0 Å². The van der Waals surface area contributed by atoms with Crippen LogP contribution in [0, 0.1) is 0 Å². The zero-order valence-electron chi connectivity index (χ0n) is 16.6. The number of carbonyl (C=O) groups excluding carboxylic acids is 2. The van der Waals surface area contributed by atoms with Gasteiger partial charge in [0.15, 0.2) is 11.5 Å². The molecule has 0 fully saturated rings. The van der Waals surface area contributed by atoms with Crippen molar-refractivity contribution in [1.29, 1.82) is 0 Å². The topological polar surface area (TPSA) is 76.7 Å². The molecule has 3 aromatic rings. The number of rotatable bonds is 6. The first-order valence-corrected chi connectivity index (χ1v) is 10.7. The number of halogens is 1. The second kappa shape index (κ2) is 9.66. The standard InChI is InChI=1S/C24H21BrN2O4/c25-18-13-21-22(31-12-11-30-21)14-20(18)26-23(28)15-19(16-7-3-1-4-8-16)27-24(29)17-9-5-2-6-10-17/h1-10,13-14,19H,11-12,15H2,(H,26,28)(H,27,29). The lowest BCUT2D eigenvalue weighted by Crippen LogP contribution is -2.31. The number of hydrogen-bond donors (Lipinski definition) is 2. The average Bonchev–Trinajstić information content (AvgIpc) is 2.80. The van der Waals surface area contributed by atoms with E-state index in [1.165, 1.54) is 0 Å². The second-order valence-corrected chi connectivity index (χ2v) is 7.89. The fourth-order valence-electron chi connectivity index (χ4n) is 3.32. The summed E-state index contributed by atoms with van der Waals surface area (Å²) in [5.41, 5.74) is 1.97. The summed E-state index contributed by atoms with van der Waals surface area (Å²) >= 11 is 3.47. The summed E-state index contributed by atoms with van der Waals surface area (Å²) in [6, 6.07) is 21.4. The van der Waals surface area contributed by atoms with Crippen molar-refractivity contribution in [3.63, 3.8) is 0 Å². The zero-order valence-corrected chi connectivity index (χ0v) is 18.2. The van der Waals surface area contributed by atoms with Crippen molar-refractivity contribution in [3.05, 3.63) is 88.4 Å². The van der Waals surface area contributed by atoms with Gasteiger partial charge in [-0.3, -0.25) is 9.59 Å². The lowest BCUT2D eigenvalue weighted by Gasteiger charge is -2.21. The Balaban J connectivity index is 1.50. The number of carbonyl (C=O) groups is 2. The normalized spacial score (nSPS) is 13.2. The average molecular weight is 481 g/mol. The van der Waals surface area contributed by atoms with Crippen molar-refractivity contribution in [3.8, 4) is 11.5 Å². The molecular weight excluding hydrogens is 460 g/mol. The van der Waals surface area contributed by atoms with E-state index in [1.54, 1.807) is 36.4 Å². The van der Waals surface area contributed by atoms with Crippen LogP contribution < -0.4 is 20.1 Å². The molecule has 3 aromatic carbocycles. The van der Waals surface area contributed by atoms with Crippen LogP contribution in [-0.2, 0) is 4.79 Å². The highest BCUT2D eigenvalue weighted by molar-refractivity contribution is 9.10. The first-order chi connectivity index (χ1) is 15.1. The first-order valence-electron chi connectivity index (χ1n) is 9.90. The Labute approximate surface area is 188 Å². The molecule has 0 radical (unpaired) electrons. The molecule has 2 N–H and O–H groups in total. The van der Waals surface area contributed by atoms with Crippen molar-refractivity contribution < 1.29 is 19.1 Å². The predicted octanol–water partition coefficient (Wildman–Crippen LogP) is 4.72. The number of hydrogen-bond acceptors (Lipinski definition) is 4. The summed E-state index contributed by atoms with van der Waals surface area (Å²) in [6.45, 7) is 0.953. The molecule has 6 nitrogen and oxygen atoms in total. The fraction of sp³-hybridized carbons (Fsp3) is 0.167. The number of anilines is 1. The van der Waals surface area contributed by atoms with Crippen LogP contribution in [0.1, 0.15) is 28.4 Å². The van der Waals surface area contributed by atoms with Crippen LogP contribution in [0.4, 0.5) is 5.69 Å². The van der Waals surface area contributed by atoms with Gasteiger partial charge in [0.1, 0.15) is 13.2 Å². The number of benzene rings is 3. The Morgan fingerprint density at radius 1 is 0.903 bits per heavy atom. The first kappa shape index (κ1) is 20.9. The molecule has 4 rings (SSSR count). The molecule has 0 aliphatic carbocycles. The van der Waals surface area contributed by atoms with Gasteiger partial charge >= 0.3 is 0 Å². The molecule has 0 saturated carbocycles. The minimum Gasteiger partial charge on any atom is -0.486 e. The zero-order chi connectivity index (χ0) is 21.6. The Kier molecular flexibility index (Phi) is 6.52. The van der Waals surface area contributed by atoms with Crippen molar-refractivity contribution >= 4 is 33.4 Å². The summed E-state index contributed by atoms with van der Waals surface area (Å²) < 4.78 is 11.8. The molecule has 2 amide bonds. The molecule has 0 saturated heterocycles. The molecule has 0 spiro atoms. The molecule has 0 aromatic heterocycles. The molecule has 1 unspecified atom stereocenters. The molecule has 1 heterocycles. The number of fused-ring (bicyclic) bond motifs is 1. The van der Waals surface area contributed by atoms with Crippen molar-refractivity contribution in [2.45, 2.75) is 12.5 Å². The molecular formula is C24H21BrN2O4. The fourth-order valence-corrected chi connectivity index (χ4v) is 3.74. The summed E-state index contributed by atoms with van der Waals surface area (Å²) in [4.78, 5) is 25.6. The van der Waals surface area contributed by atoms with Crippen LogP contribution in [0.2, 0.25) is 0 Å². The Morgan fingerprint density at radius 3 is 2.19 bits per heavy atom. The van der Waals surface area contributed by atoms with E-state index in [1.807, 2.05) is 36.4 Å². The van der Waals surface area contributed by atoms with Crippen molar-refractivity contribution in [2.75, 3.05) is 18.5 Å². The van der Waals surface area contributed by atoms with Gasteiger partial charge in [-0.1, -0.05) is 48.5 Å². The predicted molar refractivity (Wildman–Crippen MR) is 121 cm³/mol. The highest BCUT2D eigenvalue weighted by Crippen LogP contribution is 2.38. The largest absolute Gasteiger partial charge is 0.486 e. The van der Waals surface area contributed by atoms with Gasteiger partial charge < -0.3 is 20.1 Å². The van der Waals surface area contributed by atoms with Crippen LogP contribution in [-0.4, -0.2) is 25.0 Å². The van der Waals surface area contributed by atoms with Gasteiger partial charge in [0.2, 0.25) is 5.91 Å². The maximum atomic E-state index is 12.9. The molecule has 158 valence electrons. The van der Waals surface area contributed by atoms with Gasteiger partial charge in [-0.15, -0.1) is 0 Å². The summed E-state index contributed by atoms with van der Waals surface area (Å²) in [7, 11) is 0. The Bertz CT molecular complexity index is 1070. The third-order valence-corrected chi connectivity index (χ3v) is 5.49. The van der Waals surface area contributed by atoms with Gasteiger partial charge in [0.25, 0.3) is 5.91 Å². The minimum atomic E-state index is -0.482. The minimum absolute atomic E-state index is 0.0729. The SMILES string of the molecule is O=C(CC(NC(=O)c1ccccc1)c1ccccc1)Nc1cc2c(cc1Br)OCCO2. The molecule has 1 aliphatic rings. The van der Waals surface area contributed by atoms with E-state index in [0.717, 1.165) is 5.56 Å². The van der Waals surface area contributed by atoms with Crippen LogP contribution >= 0.6 is 15.9 Å². The van der Waals surface area contributed by atoms with Crippen LogP contribution in [0.15, 0.2) is 77.3 Å². The summed E-state index contributed by atoms with van der Waals surface area (Å²) in [6.07, 6.45) is 0.0729. The number of nitrogens with one attached hydrogen (secondary N) is 2. The van der Waals surface area contributed by atoms with Gasteiger partial charge in [-0.25, -0.2) is 0 Å². The van der Waals surface area contributed by atoms with Crippen molar-refractivity contribution in [2.24, 2.45) is 0 Å². The third kappa shape index (κ3) is 5.24. The third-order valence-electron chi connectivity index (χ3n) is 4.84. The Morgan fingerprint density at radius 2 is 1.52 bits per heavy atom. The lowest BCUT2D eigenvalue weighted by atomic mass is 10.0. The van der Waals surface area contributed by atoms with E-state index in [9.17, 15) is 9.59 Å². The van der Waals surface area contributed by atoms with Crippen LogP contribution in [0.5, 0.6) is 11.5 Å². The van der Waals surface area contributed by atoms with E-state index < -0.39 is 6.04 Å². The van der Waals surface area contributed by atoms with Gasteiger partial charge in [-0.05, 0) is 33.6 Å². The molecule has 0 bridgehead atoms. The number of ether oxygens (including phenoxy) is 2. The lowest BCUT2D eigenvalue weighted by molar-refractivity contribution is -0.116. The van der Waals surface area contributed by atoms with E-state index in [-0.39, 0.29) is 18.2 Å². The van der Waals surface area contributed by atoms with Gasteiger partial charge in [-0.2, -0.15) is 0 Å². The van der Waals surface area contributed by atoms with Crippen LogP contribution in [0.25, 0.3) is 0 Å². The van der Waals surface area contributed by atoms with E-state index in [2.05, 4.69) is 26.6 Å². The maximum Gasteiger partial charge on any atom is 0.251 e. The quantitative estimate of drug-likeness (QED) is 0.534. The van der Waals surface area contributed by atoms with Gasteiger partial charge in [0.05, 0.1) is 18.2 Å². The second-order valence-electron chi connectivity index (χ2n) is 7.03. The van der Waals surface area contributed by atoms with E-state index in [0.29, 0.717) is 40.4 Å². The number of amides is 2. The molecule has 7 heteroatoms. The Hall–Kier alpha value is -3.32.